The number of rotatable bonds is 4. The Labute approximate surface area is 94.7 Å². The summed E-state index contributed by atoms with van der Waals surface area (Å²) >= 11 is 0. The van der Waals surface area contributed by atoms with Gasteiger partial charge >= 0.3 is 0 Å². The minimum Gasteiger partial charge on any atom is -0.432 e. The number of anilines is 1. The molecule has 2 aromatic rings. The maximum Gasteiger partial charge on any atom is 0.297 e. The SMILES string of the molecule is CN(Cc1ccccc1)c1nc(CN)co1. The Balaban J connectivity index is 2.05. The van der Waals surface area contributed by atoms with E-state index in [4.69, 9.17) is 10.2 Å². The third-order valence-electron chi connectivity index (χ3n) is 2.34. The van der Waals surface area contributed by atoms with E-state index in [0.717, 1.165) is 12.2 Å². The van der Waals surface area contributed by atoms with Crippen molar-refractivity contribution >= 4 is 6.01 Å². The Bertz CT molecular complexity index is 439. The maximum absolute atomic E-state index is 5.47. The summed E-state index contributed by atoms with van der Waals surface area (Å²) in [5.41, 5.74) is 7.47. The molecule has 84 valence electrons. The van der Waals surface area contributed by atoms with Crippen molar-refractivity contribution in [3.63, 3.8) is 0 Å². The van der Waals surface area contributed by atoms with Gasteiger partial charge in [0.2, 0.25) is 0 Å². The van der Waals surface area contributed by atoms with Crippen LogP contribution in [0.4, 0.5) is 6.01 Å². The van der Waals surface area contributed by atoms with Crippen LogP contribution in [-0.2, 0) is 13.1 Å². The molecule has 0 fully saturated rings. The van der Waals surface area contributed by atoms with Crippen molar-refractivity contribution in [1.82, 2.24) is 4.98 Å². The first-order chi connectivity index (χ1) is 7.79. The Morgan fingerprint density at radius 1 is 1.31 bits per heavy atom. The number of hydrogen-bond acceptors (Lipinski definition) is 4. The molecule has 0 amide bonds. The molecule has 4 heteroatoms. The zero-order chi connectivity index (χ0) is 11.4. The predicted molar refractivity (Wildman–Crippen MR) is 62.9 cm³/mol. The number of nitrogens with zero attached hydrogens (tertiary/aromatic N) is 2. The van der Waals surface area contributed by atoms with E-state index < -0.39 is 0 Å². The van der Waals surface area contributed by atoms with Gasteiger partial charge < -0.3 is 15.1 Å². The first-order valence-electron chi connectivity index (χ1n) is 5.19. The summed E-state index contributed by atoms with van der Waals surface area (Å²) in [4.78, 5) is 6.21. The summed E-state index contributed by atoms with van der Waals surface area (Å²) in [7, 11) is 1.94. The van der Waals surface area contributed by atoms with Crippen LogP contribution in [0.5, 0.6) is 0 Å². The minimum atomic E-state index is 0.405. The highest BCUT2D eigenvalue weighted by Gasteiger charge is 2.08. The molecule has 0 unspecified atom stereocenters. The molecule has 16 heavy (non-hydrogen) atoms. The van der Waals surface area contributed by atoms with Crippen LogP contribution in [0.3, 0.4) is 0 Å². The molecule has 1 heterocycles. The lowest BCUT2D eigenvalue weighted by Crippen LogP contribution is -2.16. The lowest BCUT2D eigenvalue weighted by Gasteiger charge is -2.13. The van der Waals surface area contributed by atoms with E-state index >= 15 is 0 Å². The number of oxazole rings is 1. The number of hydrogen-bond donors (Lipinski definition) is 1. The summed E-state index contributed by atoms with van der Waals surface area (Å²) in [6.45, 7) is 1.17. The summed E-state index contributed by atoms with van der Waals surface area (Å²) in [6.07, 6.45) is 1.59. The van der Waals surface area contributed by atoms with Gasteiger partial charge in [0.05, 0.1) is 5.69 Å². The van der Waals surface area contributed by atoms with E-state index in [1.165, 1.54) is 5.56 Å². The Morgan fingerprint density at radius 2 is 2.06 bits per heavy atom. The highest BCUT2D eigenvalue weighted by molar-refractivity contribution is 5.28. The second-order valence-corrected chi connectivity index (χ2v) is 3.67. The van der Waals surface area contributed by atoms with Gasteiger partial charge in [0.1, 0.15) is 6.26 Å². The summed E-state index contributed by atoms with van der Waals surface area (Å²) < 4.78 is 5.32. The lowest BCUT2D eigenvalue weighted by atomic mass is 10.2. The molecule has 0 bridgehead atoms. The van der Waals surface area contributed by atoms with Gasteiger partial charge in [-0.05, 0) is 5.56 Å². The number of aromatic nitrogens is 1. The molecule has 0 aliphatic heterocycles. The second-order valence-electron chi connectivity index (χ2n) is 3.67. The molecule has 2 rings (SSSR count). The third-order valence-corrected chi connectivity index (χ3v) is 2.34. The van der Waals surface area contributed by atoms with E-state index in [2.05, 4.69) is 17.1 Å². The molecule has 0 atom stereocenters. The van der Waals surface area contributed by atoms with Crippen LogP contribution in [0, 0.1) is 0 Å². The highest BCUT2D eigenvalue weighted by Crippen LogP contribution is 2.14. The van der Waals surface area contributed by atoms with Gasteiger partial charge in [0, 0.05) is 20.1 Å². The first-order valence-corrected chi connectivity index (χ1v) is 5.19. The zero-order valence-electron chi connectivity index (χ0n) is 9.26. The standard InChI is InChI=1S/C12H15N3O/c1-15(8-10-5-3-2-4-6-10)12-14-11(7-13)9-16-12/h2-6,9H,7-8,13H2,1H3. The smallest absolute Gasteiger partial charge is 0.297 e. The van der Waals surface area contributed by atoms with E-state index in [1.54, 1.807) is 6.26 Å². The monoisotopic (exact) mass is 217 g/mol. The normalized spacial score (nSPS) is 10.4. The first kappa shape index (κ1) is 10.7. The highest BCUT2D eigenvalue weighted by atomic mass is 16.4. The topological polar surface area (TPSA) is 55.3 Å². The van der Waals surface area contributed by atoms with Crippen LogP contribution in [0.1, 0.15) is 11.3 Å². The molecule has 0 saturated carbocycles. The zero-order valence-corrected chi connectivity index (χ0v) is 9.26. The Hall–Kier alpha value is -1.81. The molecule has 4 nitrogen and oxygen atoms in total. The van der Waals surface area contributed by atoms with Crippen LogP contribution < -0.4 is 10.6 Å². The third kappa shape index (κ3) is 2.41. The molecule has 0 radical (unpaired) electrons. The van der Waals surface area contributed by atoms with Crippen LogP contribution in [0.25, 0.3) is 0 Å². The predicted octanol–water partition coefficient (Wildman–Crippen LogP) is 1.77. The fraction of sp³-hybridized carbons (Fsp3) is 0.250. The van der Waals surface area contributed by atoms with E-state index in [-0.39, 0.29) is 0 Å². The average molecular weight is 217 g/mol. The van der Waals surface area contributed by atoms with Gasteiger partial charge in [0.15, 0.2) is 0 Å². The quantitative estimate of drug-likeness (QED) is 0.848. The minimum absolute atomic E-state index is 0.405. The van der Waals surface area contributed by atoms with E-state index in [9.17, 15) is 0 Å². The van der Waals surface area contributed by atoms with Gasteiger partial charge in [-0.15, -0.1) is 0 Å². The molecule has 0 aliphatic rings. The van der Waals surface area contributed by atoms with Gasteiger partial charge in [0.25, 0.3) is 6.01 Å². The molecule has 0 saturated heterocycles. The fourth-order valence-electron chi connectivity index (χ4n) is 1.49. The fourth-order valence-corrected chi connectivity index (χ4v) is 1.49. The van der Waals surface area contributed by atoms with Gasteiger partial charge in [-0.2, -0.15) is 4.98 Å². The molecular weight excluding hydrogens is 202 g/mol. The van der Waals surface area contributed by atoms with Gasteiger partial charge in [-0.3, -0.25) is 0 Å². The van der Waals surface area contributed by atoms with Crippen molar-refractivity contribution in [2.45, 2.75) is 13.1 Å². The second kappa shape index (κ2) is 4.81. The van der Waals surface area contributed by atoms with Crippen molar-refractivity contribution in [3.8, 4) is 0 Å². The Morgan fingerprint density at radius 3 is 2.69 bits per heavy atom. The van der Waals surface area contributed by atoms with E-state index in [1.807, 2.05) is 30.1 Å². The van der Waals surface area contributed by atoms with Gasteiger partial charge in [-0.25, -0.2) is 0 Å². The summed E-state index contributed by atoms with van der Waals surface area (Å²) in [5, 5.41) is 0. The van der Waals surface area contributed by atoms with Crippen LogP contribution >= 0.6 is 0 Å². The lowest BCUT2D eigenvalue weighted by molar-refractivity contribution is 0.544. The molecule has 2 N–H and O–H groups in total. The van der Waals surface area contributed by atoms with Crippen LogP contribution in [0.2, 0.25) is 0 Å². The van der Waals surface area contributed by atoms with Gasteiger partial charge in [-0.1, -0.05) is 30.3 Å². The summed E-state index contributed by atoms with van der Waals surface area (Å²) in [6, 6.07) is 10.8. The molecule has 0 aliphatic carbocycles. The molecule has 1 aromatic heterocycles. The van der Waals surface area contributed by atoms with Crippen molar-refractivity contribution in [3.05, 3.63) is 47.9 Å². The maximum atomic E-state index is 5.47. The largest absolute Gasteiger partial charge is 0.432 e. The van der Waals surface area contributed by atoms with Crippen molar-refractivity contribution in [2.75, 3.05) is 11.9 Å². The van der Waals surface area contributed by atoms with Crippen molar-refractivity contribution in [2.24, 2.45) is 5.73 Å². The van der Waals surface area contributed by atoms with Crippen molar-refractivity contribution < 1.29 is 4.42 Å². The summed E-state index contributed by atoms with van der Waals surface area (Å²) in [5.74, 6) is 0. The molecule has 0 spiro atoms. The van der Waals surface area contributed by atoms with Crippen LogP contribution in [0.15, 0.2) is 41.0 Å². The van der Waals surface area contributed by atoms with E-state index in [0.29, 0.717) is 12.6 Å². The Kier molecular flexibility index (Phi) is 3.22. The number of nitrogens with two attached hydrogens (primary N) is 1. The number of benzene rings is 1. The van der Waals surface area contributed by atoms with Crippen molar-refractivity contribution in [1.29, 1.82) is 0 Å². The molecule has 1 aromatic carbocycles. The molecular formula is C12H15N3O. The average Bonchev–Trinajstić information content (AvgIpc) is 2.79. The van der Waals surface area contributed by atoms with Crippen LogP contribution in [-0.4, -0.2) is 12.0 Å².